The third kappa shape index (κ3) is 3.10. The first-order valence-corrected chi connectivity index (χ1v) is 7.70. The molecule has 2 heteroatoms. The number of hydrogen-bond donors (Lipinski definition) is 0. The molecule has 1 heterocycles. The fraction of sp³-hybridized carbons (Fsp3) is 1.00. The second kappa shape index (κ2) is 5.16. The maximum atomic E-state index is 5.84. The van der Waals surface area contributed by atoms with Crippen LogP contribution in [0.2, 0.25) is 5.54 Å². The van der Waals surface area contributed by atoms with E-state index < -0.39 is 0 Å². The second-order valence-corrected chi connectivity index (χ2v) is 7.27. The lowest BCUT2D eigenvalue weighted by molar-refractivity contribution is 0.0639. The highest BCUT2D eigenvalue weighted by atomic mass is 28.2. The zero-order chi connectivity index (χ0) is 8.93. The van der Waals surface area contributed by atoms with Crippen LogP contribution in [-0.4, -0.2) is 21.9 Å². The normalized spacial score (nSPS) is 32.8. The summed E-state index contributed by atoms with van der Waals surface area (Å²) in [6, 6.07) is 0. The molecule has 0 bridgehead atoms. The molecule has 0 radical (unpaired) electrons. The van der Waals surface area contributed by atoms with Crippen LogP contribution in [0.1, 0.15) is 51.4 Å². The van der Waals surface area contributed by atoms with E-state index in [0.717, 1.165) is 17.9 Å². The van der Waals surface area contributed by atoms with Gasteiger partial charge in [-0.15, -0.1) is 0 Å². The highest BCUT2D eigenvalue weighted by Crippen LogP contribution is 2.29. The molecule has 0 N–H and O–H groups in total. The van der Waals surface area contributed by atoms with Gasteiger partial charge in [0.05, 0.1) is 9.52 Å². The van der Waals surface area contributed by atoms with Gasteiger partial charge in [-0.1, -0.05) is 32.1 Å². The van der Waals surface area contributed by atoms with Crippen molar-refractivity contribution in [2.45, 2.75) is 62.6 Å². The van der Waals surface area contributed by atoms with Crippen molar-refractivity contribution in [1.82, 2.24) is 0 Å². The van der Waals surface area contributed by atoms with E-state index in [4.69, 9.17) is 4.74 Å². The van der Waals surface area contributed by atoms with Crippen molar-refractivity contribution in [3.63, 3.8) is 0 Å². The van der Waals surface area contributed by atoms with Gasteiger partial charge in [-0.05, 0) is 24.8 Å². The van der Waals surface area contributed by atoms with E-state index in [0.29, 0.717) is 0 Å². The number of ether oxygens (including phenoxy) is 1. The minimum Gasteiger partial charge on any atom is -0.382 e. The fourth-order valence-corrected chi connectivity index (χ4v) is 5.41. The van der Waals surface area contributed by atoms with Crippen LogP contribution in [0.25, 0.3) is 0 Å². The van der Waals surface area contributed by atoms with Gasteiger partial charge in [0.1, 0.15) is 0 Å². The first-order chi connectivity index (χ1) is 6.45. The van der Waals surface area contributed by atoms with Gasteiger partial charge in [0.2, 0.25) is 0 Å². The van der Waals surface area contributed by atoms with Crippen molar-refractivity contribution in [2.24, 2.45) is 0 Å². The standard InChI is InChI=1S/C11H22OSi/c1-2-6-10(7-3-1)13-11-8-4-5-9-12-11/h10-11H,1-9,13H2. The minimum atomic E-state index is 0.0975. The third-order valence-corrected chi connectivity index (χ3v) is 6.25. The van der Waals surface area contributed by atoms with Crippen molar-refractivity contribution in [2.75, 3.05) is 6.61 Å². The van der Waals surface area contributed by atoms with Gasteiger partial charge in [0.25, 0.3) is 0 Å². The quantitative estimate of drug-likeness (QED) is 0.619. The first-order valence-electron chi connectivity index (χ1n) is 6.07. The van der Waals surface area contributed by atoms with Gasteiger partial charge >= 0.3 is 0 Å². The van der Waals surface area contributed by atoms with Gasteiger partial charge in [0.15, 0.2) is 0 Å². The molecular formula is C11H22OSi. The summed E-state index contributed by atoms with van der Waals surface area (Å²) in [7, 11) is 0.0975. The van der Waals surface area contributed by atoms with Gasteiger partial charge in [-0.3, -0.25) is 0 Å². The molecule has 1 unspecified atom stereocenters. The maximum absolute atomic E-state index is 5.84. The monoisotopic (exact) mass is 198 g/mol. The lowest BCUT2D eigenvalue weighted by Crippen LogP contribution is -2.29. The topological polar surface area (TPSA) is 9.23 Å². The lowest BCUT2D eigenvalue weighted by atomic mass is 10.0. The van der Waals surface area contributed by atoms with E-state index in [1.165, 1.54) is 51.4 Å². The molecule has 1 atom stereocenters. The van der Waals surface area contributed by atoms with Crippen molar-refractivity contribution < 1.29 is 4.74 Å². The average molecular weight is 198 g/mol. The summed E-state index contributed by atoms with van der Waals surface area (Å²) < 4.78 is 5.84. The highest BCUT2D eigenvalue weighted by Gasteiger charge is 2.21. The Morgan fingerprint density at radius 1 is 0.846 bits per heavy atom. The summed E-state index contributed by atoms with van der Waals surface area (Å²) in [5.74, 6) is 0. The van der Waals surface area contributed by atoms with Crippen LogP contribution in [-0.2, 0) is 4.74 Å². The molecular weight excluding hydrogens is 176 g/mol. The van der Waals surface area contributed by atoms with Crippen LogP contribution >= 0.6 is 0 Å². The molecule has 76 valence electrons. The Morgan fingerprint density at radius 2 is 1.62 bits per heavy atom. The molecule has 0 aromatic rings. The Hall–Kier alpha value is 0.177. The Labute approximate surface area is 84.1 Å². The molecule has 1 saturated heterocycles. The summed E-state index contributed by atoms with van der Waals surface area (Å²) in [6.07, 6.45) is 11.7. The Morgan fingerprint density at radius 3 is 2.31 bits per heavy atom. The lowest BCUT2D eigenvalue weighted by Gasteiger charge is -2.28. The van der Waals surface area contributed by atoms with Crippen LogP contribution in [0.15, 0.2) is 0 Å². The van der Waals surface area contributed by atoms with Crippen LogP contribution in [0.3, 0.4) is 0 Å². The zero-order valence-corrected chi connectivity index (χ0v) is 10.0. The average Bonchev–Trinajstić information content (AvgIpc) is 2.21. The molecule has 1 saturated carbocycles. The van der Waals surface area contributed by atoms with Gasteiger partial charge in [-0.2, -0.15) is 0 Å². The molecule has 13 heavy (non-hydrogen) atoms. The molecule has 0 aromatic carbocycles. The summed E-state index contributed by atoms with van der Waals surface area (Å²) in [5, 5.41) is 0. The summed E-state index contributed by atoms with van der Waals surface area (Å²) in [4.78, 5) is 0. The summed E-state index contributed by atoms with van der Waals surface area (Å²) in [5.41, 5.74) is 1.90. The molecule has 1 aliphatic heterocycles. The molecule has 2 rings (SSSR count). The Kier molecular flexibility index (Phi) is 3.86. The minimum absolute atomic E-state index is 0.0975. The molecule has 1 nitrogen and oxygen atoms in total. The van der Waals surface area contributed by atoms with Crippen molar-refractivity contribution in [3.05, 3.63) is 0 Å². The Bertz CT molecular complexity index is 121. The van der Waals surface area contributed by atoms with Crippen molar-refractivity contribution >= 4 is 9.52 Å². The molecule has 1 aliphatic carbocycles. The van der Waals surface area contributed by atoms with Gasteiger partial charge in [0, 0.05) is 12.3 Å². The van der Waals surface area contributed by atoms with E-state index in [-0.39, 0.29) is 9.52 Å². The van der Waals surface area contributed by atoms with Crippen molar-refractivity contribution in [1.29, 1.82) is 0 Å². The van der Waals surface area contributed by atoms with E-state index >= 15 is 0 Å². The molecule has 2 fully saturated rings. The molecule has 0 amide bonds. The Balaban J connectivity index is 1.69. The van der Waals surface area contributed by atoms with Crippen LogP contribution in [0.4, 0.5) is 0 Å². The largest absolute Gasteiger partial charge is 0.382 e. The SMILES string of the molecule is C1CCC([SiH2]C2CCCCO2)CC1. The zero-order valence-electron chi connectivity index (χ0n) is 8.63. The van der Waals surface area contributed by atoms with Crippen LogP contribution in [0.5, 0.6) is 0 Å². The maximum Gasteiger partial charge on any atom is 0.0586 e. The summed E-state index contributed by atoms with van der Waals surface area (Å²) in [6.45, 7) is 1.06. The van der Waals surface area contributed by atoms with Gasteiger partial charge < -0.3 is 4.74 Å². The first kappa shape index (κ1) is 9.72. The van der Waals surface area contributed by atoms with Crippen molar-refractivity contribution in [3.8, 4) is 0 Å². The molecule has 0 aromatic heterocycles. The summed E-state index contributed by atoms with van der Waals surface area (Å²) >= 11 is 0. The van der Waals surface area contributed by atoms with Gasteiger partial charge in [-0.25, -0.2) is 0 Å². The smallest absolute Gasteiger partial charge is 0.0586 e. The highest BCUT2D eigenvalue weighted by molar-refractivity contribution is 6.39. The predicted octanol–water partition coefficient (Wildman–Crippen LogP) is 2.43. The fourth-order valence-electron chi connectivity index (χ4n) is 2.79. The van der Waals surface area contributed by atoms with Crippen LogP contribution in [0, 0.1) is 0 Å². The third-order valence-electron chi connectivity index (χ3n) is 3.59. The van der Waals surface area contributed by atoms with E-state index in [2.05, 4.69) is 0 Å². The predicted molar refractivity (Wildman–Crippen MR) is 59.0 cm³/mol. The van der Waals surface area contributed by atoms with Crippen LogP contribution < -0.4 is 0 Å². The van der Waals surface area contributed by atoms with E-state index in [1.54, 1.807) is 0 Å². The number of hydrogen-bond acceptors (Lipinski definition) is 1. The molecule has 2 aliphatic rings. The second-order valence-electron chi connectivity index (χ2n) is 4.73. The van der Waals surface area contributed by atoms with E-state index in [9.17, 15) is 0 Å². The number of rotatable bonds is 2. The van der Waals surface area contributed by atoms with E-state index in [1.807, 2.05) is 0 Å². The molecule has 0 spiro atoms.